The number of aryl methyl sites for hydroxylation is 2. The average molecular weight is 461 g/mol. The second-order valence-corrected chi connectivity index (χ2v) is 8.91. The van der Waals surface area contributed by atoms with Gasteiger partial charge in [-0.2, -0.15) is 0 Å². The molecule has 1 atom stereocenters. The van der Waals surface area contributed by atoms with E-state index in [0.29, 0.717) is 25.4 Å². The summed E-state index contributed by atoms with van der Waals surface area (Å²) in [6, 6.07) is 4.89. The van der Waals surface area contributed by atoms with Crippen molar-refractivity contribution in [1.82, 2.24) is 10.2 Å². The van der Waals surface area contributed by atoms with Crippen LogP contribution in [0.4, 0.5) is 0 Å². The molecule has 7 heteroatoms. The van der Waals surface area contributed by atoms with Gasteiger partial charge in [0.25, 0.3) is 5.91 Å². The highest BCUT2D eigenvalue weighted by Crippen LogP contribution is 2.17. The number of carbonyl (C=O) groups is 3. The van der Waals surface area contributed by atoms with Crippen LogP contribution in [0.5, 0.6) is 5.75 Å². The number of unbranched alkanes of at least 4 members (excludes halogenated alkanes) is 7. The van der Waals surface area contributed by atoms with E-state index in [0.717, 1.165) is 30.4 Å². The Morgan fingerprint density at radius 1 is 1.00 bits per heavy atom. The van der Waals surface area contributed by atoms with Crippen molar-refractivity contribution in [2.45, 2.75) is 84.6 Å². The molecule has 2 amide bonds. The lowest BCUT2D eigenvalue weighted by atomic mass is 10.1. The summed E-state index contributed by atoms with van der Waals surface area (Å²) in [6.45, 7) is 7.01. The molecule has 0 aliphatic carbocycles. The van der Waals surface area contributed by atoms with E-state index < -0.39 is 12.0 Å². The first-order chi connectivity index (χ1) is 15.9. The first kappa shape index (κ1) is 26.7. The van der Waals surface area contributed by atoms with E-state index in [-0.39, 0.29) is 24.8 Å². The van der Waals surface area contributed by atoms with Crippen molar-refractivity contribution in [3.63, 3.8) is 0 Å². The van der Waals surface area contributed by atoms with Gasteiger partial charge in [0, 0.05) is 13.1 Å². The van der Waals surface area contributed by atoms with Gasteiger partial charge in [-0.05, 0) is 43.5 Å². The Labute approximate surface area is 198 Å². The summed E-state index contributed by atoms with van der Waals surface area (Å²) < 4.78 is 11.0. The van der Waals surface area contributed by atoms with Gasteiger partial charge in [0.15, 0.2) is 6.61 Å². The highest BCUT2D eigenvalue weighted by molar-refractivity contribution is 5.92. The summed E-state index contributed by atoms with van der Waals surface area (Å²) in [5.74, 6) is -0.480. The van der Waals surface area contributed by atoms with Gasteiger partial charge in [-0.3, -0.25) is 14.4 Å². The molecule has 33 heavy (non-hydrogen) atoms. The summed E-state index contributed by atoms with van der Waals surface area (Å²) in [5, 5.41) is 2.73. The largest absolute Gasteiger partial charge is 0.484 e. The third-order valence-electron chi connectivity index (χ3n) is 5.83. The lowest BCUT2D eigenvalue weighted by Gasteiger charge is -2.34. The molecule has 1 fully saturated rings. The number of rotatable bonds is 14. The number of hydrogen-bond acceptors (Lipinski definition) is 5. The van der Waals surface area contributed by atoms with Gasteiger partial charge in [0.2, 0.25) is 5.91 Å². The van der Waals surface area contributed by atoms with Crippen LogP contribution >= 0.6 is 0 Å². The lowest BCUT2D eigenvalue weighted by molar-refractivity contribution is -0.152. The van der Waals surface area contributed by atoms with Crippen molar-refractivity contribution in [3.8, 4) is 5.75 Å². The van der Waals surface area contributed by atoms with Crippen molar-refractivity contribution >= 4 is 17.8 Å². The van der Waals surface area contributed by atoms with Crippen LogP contribution in [0.15, 0.2) is 18.2 Å². The predicted octanol–water partition coefficient (Wildman–Crippen LogP) is 4.08. The third-order valence-corrected chi connectivity index (χ3v) is 5.83. The Morgan fingerprint density at radius 2 is 1.64 bits per heavy atom. The standard InChI is InChI=1S/C26H40N2O5/c1-4-5-6-7-8-9-10-11-14-32-25(30)18-23-26(31)27-12-13-28(23)24(29)19-33-22-16-20(2)15-21(3)17-22/h15-17,23H,4-14,18-19H2,1-3H3,(H,27,31). The Bertz CT molecular complexity index is 760. The molecular weight excluding hydrogens is 420 g/mol. The van der Waals surface area contributed by atoms with Crippen molar-refractivity contribution in [3.05, 3.63) is 29.3 Å². The monoisotopic (exact) mass is 460 g/mol. The zero-order chi connectivity index (χ0) is 24.1. The normalized spacial score (nSPS) is 15.8. The molecule has 0 bridgehead atoms. The van der Waals surface area contributed by atoms with Gasteiger partial charge < -0.3 is 19.7 Å². The molecule has 1 unspecified atom stereocenters. The molecule has 1 aromatic rings. The van der Waals surface area contributed by atoms with Crippen molar-refractivity contribution < 1.29 is 23.9 Å². The summed E-state index contributed by atoms with van der Waals surface area (Å²) in [4.78, 5) is 38.9. The van der Waals surface area contributed by atoms with E-state index >= 15 is 0 Å². The minimum absolute atomic E-state index is 0.141. The fourth-order valence-electron chi connectivity index (χ4n) is 4.10. The fourth-order valence-corrected chi connectivity index (χ4v) is 4.10. The number of carbonyl (C=O) groups excluding carboxylic acids is 3. The number of hydrogen-bond donors (Lipinski definition) is 1. The van der Waals surface area contributed by atoms with Gasteiger partial charge in [-0.1, -0.05) is 57.9 Å². The quantitative estimate of drug-likeness (QED) is 0.334. The summed E-state index contributed by atoms with van der Waals surface area (Å²) in [7, 11) is 0. The maximum Gasteiger partial charge on any atom is 0.308 e. The molecule has 0 saturated carbocycles. The smallest absolute Gasteiger partial charge is 0.308 e. The molecule has 1 aromatic carbocycles. The third kappa shape index (κ3) is 9.84. The lowest BCUT2D eigenvalue weighted by Crippen LogP contribution is -2.58. The van der Waals surface area contributed by atoms with Crippen LogP contribution in [0.1, 0.15) is 75.8 Å². The van der Waals surface area contributed by atoms with Crippen molar-refractivity contribution in [1.29, 1.82) is 0 Å². The van der Waals surface area contributed by atoms with Crippen LogP contribution in [0, 0.1) is 13.8 Å². The molecule has 184 valence electrons. The van der Waals surface area contributed by atoms with Gasteiger partial charge in [0.1, 0.15) is 11.8 Å². The van der Waals surface area contributed by atoms with E-state index in [4.69, 9.17) is 9.47 Å². The minimum atomic E-state index is -0.861. The maximum absolute atomic E-state index is 12.8. The van der Waals surface area contributed by atoms with Crippen LogP contribution in [0.3, 0.4) is 0 Å². The van der Waals surface area contributed by atoms with Gasteiger partial charge in [-0.15, -0.1) is 0 Å². The number of piperazine rings is 1. The maximum atomic E-state index is 12.8. The minimum Gasteiger partial charge on any atom is -0.484 e. The molecule has 1 saturated heterocycles. The van der Waals surface area contributed by atoms with Crippen LogP contribution in [-0.4, -0.2) is 55.0 Å². The molecule has 1 heterocycles. The predicted molar refractivity (Wildman–Crippen MR) is 128 cm³/mol. The first-order valence-corrected chi connectivity index (χ1v) is 12.3. The van der Waals surface area contributed by atoms with Crippen LogP contribution < -0.4 is 10.1 Å². The summed E-state index contributed by atoms with van der Waals surface area (Å²) in [5.41, 5.74) is 2.10. The van der Waals surface area contributed by atoms with Gasteiger partial charge in [0.05, 0.1) is 13.0 Å². The number of benzene rings is 1. The zero-order valence-corrected chi connectivity index (χ0v) is 20.5. The molecule has 0 spiro atoms. The Balaban J connectivity index is 1.75. The molecule has 0 aromatic heterocycles. The average Bonchev–Trinajstić information content (AvgIpc) is 2.77. The molecule has 7 nitrogen and oxygen atoms in total. The SMILES string of the molecule is CCCCCCCCCCOC(=O)CC1C(=O)NCCN1C(=O)COc1cc(C)cc(C)c1. The van der Waals surface area contributed by atoms with E-state index in [2.05, 4.69) is 12.2 Å². The second-order valence-electron chi connectivity index (χ2n) is 8.91. The number of nitrogens with zero attached hydrogens (tertiary/aromatic N) is 1. The Kier molecular flexibility index (Phi) is 11.8. The topological polar surface area (TPSA) is 84.9 Å². The number of esters is 1. The molecule has 1 aliphatic heterocycles. The van der Waals surface area contributed by atoms with E-state index in [1.807, 2.05) is 32.0 Å². The highest BCUT2D eigenvalue weighted by atomic mass is 16.5. The Hall–Kier alpha value is -2.57. The van der Waals surface area contributed by atoms with Crippen molar-refractivity contribution in [2.75, 3.05) is 26.3 Å². The summed E-state index contributed by atoms with van der Waals surface area (Å²) >= 11 is 0. The highest BCUT2D eigenvalue weighted by Gasteiger charge is 2.35. The molecule has 1 aliphatic rings. The molecular formula is C26H40N2O5. The van der Waals surface area contributed by atoms with Crippen LogP contribution in [-0.2, 0) is 19.1 Å². The first-order valence-electron chi connectivity index (χ1n) is 12.3. The number of ether oxygens (including phenoxy) is 2. The molecule has 2 rings (SSSR count). The van der Waals surface area contributed by atoms with Crippen LogP contribution in [0.2, 0.25) is 0 Å². The van der Waals surface area contributed by atoms with E-state index in [1.165, 1.54) is 37.0 Å². The number of amides is 2. The second kappa shape index (κ2) is 14.6. The number of nitrogens with one attached hydrogen (secondary N) is 1. The van der Waals surface area contributed by atoms with E-state index in [1.54, 1.807) is 0 Å². The van der Waals surface area contributed by atoms with Crippen molar-refractivity contribution in [2.24, 2.45) is 0 Å². The molecule has 1 N–H and O–H groups in total. The zero-order valence-electron chi connectivity index (χ0n) is 20.5. The Morgan fingerprint density at radius 3 is 2.30 bits per heavy atom. The van der Waals surface area contributed by atoms with E-state index in [9.17, 15) is 14.4 Å². The fraction of sp³-hybridized carbons (Fsp3) is 0.654. The summed E-state index contributed by atoms with van der Waals surface area (Å²) in [6.07, 6.45) is 9.18. The van der Waals surface area contributed by atoms with Gasteiger partial charge in [-0.25, -0.2) is 0 Å². The molecule has 0 radical (unpaired) electrons. The van der Waals surface area contributed by atoms with Gasteiger partial charge >= 0.3 is 5.97 Å². The van der Waals surface area contributed by atoms with Crippen LogP contribution in [0.25, 0.3) is 0 Å².